The van der Waals surface area contributed by atoms with Crippen LogP contribution in [0.4, 0.5) is 11.4 Å². The van der Waals surface area contributed by atoms with Gasteiger partial charge >= 0.3 is 11.6 Å². The minimum absolute atomic E-state index is 0.0126. The lowest BCUT2D eigenvalue weighted by atomic mass is 9.91. The number of carboxylic acid groups (broad SMARTS) is 1. The quantitative estimate of drug-likeness (QED) is 0.154. The van der Waals surface area contributed by atoms with Crippen molar-refractivity contribution in [3.8, 4) is 11.1 Å². The van der Waals surface area contributed by atoms with Crippen LogP contribution < -0.4 is 15.7 Å². The number of carboxylic acids is 1. The Labute approximate surface area is 231 Å². The van der Waals surface area contributed by atoms with Gasteiger partial charge in [-0.1, -0.05) is 18.2 Å². The fourth-order valence-electron chi connectivity index (χ4n) is 4.48. The van der Waals surface area contributed by atoms with Crippen molar-refractivity contribution >= 4 is 56.7 Å². The Morgan fingerprint density at radius 3 is 2.38 bits per heavy atom. The molecule has 0 aliphatic rings. The molecule has 4 rings (SSSR count). The predicted molar refractivity (Wildman–Crippen MR) is 155 cm³/mol. The first-order valence-electron chi connectivity index (χ1n) is 12.1. The Bertz CT molecular complexity index is 1790. The molecule has 1 aromatic heterocycles. The third-order valence-corrected chi connectivity index (χ3v) is 7.64. The summed E-state index contributed by atoms with van der Waals surface area (Å²) in [5.41, 5.74) is 1.78. The maximum atomic E-state index is 13.5. The van der Waals surface area contributed by atoms with Crippen LogP contribution in [0.15, 0.2) is 84.7 Å². The fraction of sp³-hybridized carbons (Fsp3) is 0.179. The van der Waals surface area contributed by atoms with Gasteiger partial charge in [0.2, 0.25) is 10.0 Å². The van der Waals surface area contributed by atoms with Crippen molar-refractivity contribution in [2.45, 2.75) is 30.6 Å². The molecule has 0 aliphatic heterocycles. The standard InChI is InChI=1S/C28H27N3O6S2/c1-4-31(5-2)17-10-12-21-23(14-17)37-28(34)25(26(21)19-8-6-7-9-20(19)27(32)33)16(3)30-22-13-11-18(15-24(22)38)39(29,35)36/h6-15,38H,4-5H2,1-3H3,(H,32,33)(H2,29,35,36)/b30-16+. The van der Waals surface area contributed by atoms with E-state index in [2.05, 4.69) is 22.5 Å². The lowest BCUT2D eigenvalue weighted by molar-refractivity contribution is 0.0697. The zero-order valence-corrected chi connectivity index (χ0v) is 23.2. The second-order valence-corrected chi connectivity index (χ2v) is 10.8. The van der Waals surface area contributed by atoms with Crippen LogP contribution in [0.3, 0.4) is 0 Å². The van der Waals surface area contributed by atoms with Gasteiger partial charge in [0, 0.05) is 40.7 Å². The maximum Gasteiger partial charge on any atom is 0.346 e. The molecule has 0 saturated carbocycles. The zero-order valence-electron chi connectivity index (χ0n) is 21.5. The molecule has 0 bridgehead atoms. The Hall–Kier alpha value is -3.93. The first kappa shape index (κ1) is 28.1. The number of anilines is 1. The van der Waals surface area contributed by atoms with Crippen molar-refractivity contribution in [3.05, 3.63) is 82.2 Å². The summed E-state index contributed by atoms with van der Waals surface area (Å²) in [6.07, 6.45) is 0. The van der Waals surface area contributed by atoms with Crippen LogP contribution in [0.1, 0.15) is 36.7 Å². The van der Waals surface area contributed by atoms with Gasteiger partial charge in [0.25, 0.3) is 0 Å². The minimum atomic E-state index is -3.94. The van der Waals surface area contributed by atoms with Gasteiger partial charge in [0.05, 0.1) is 27.4 Å². The molecular weight excluding hydrogens is 538 g/mol. The summed E-state index contributed by atoms with van der Waals surface area (Å²) in [7, 11) is -3.94. The summed E-state index contributed by atoms with van der Waals surface area (Å²) in [6, 6.07) is 15.9. The van der Waals surface area contributed by atoms with E-state index in [0.29, 0.717) is 22.1 Å². The number of nitrogens with two attached hydrogens (primary N) is 1. The molecule has 0 aliphatic carbocycles. The van der Waals surface area contributed by atoms with Crippen molar-refractivity contribution in [2.75, 3.05) is 18.0 Å². The average molecular weight is 566 g/mol. The molecule has 0 spiro atoms. The molecule has 3 N–H and O–H groups in total. The van der Waals surface area contributed by atoms with Crippen molar-refractivity contribution in [3.63, 3.8) is 0 Å². The molecule has 9 nitrogen and oxygen atoms in total. The molecular formula is C28H27N3O6S2. The van der Waals surface area contributed by atoms with Crippen LogP contribution in [0.2, 0.25) is 0 Å². The Morgan fingerprint density at radius 2 is 1.77 bits per heavy atom. The van der Waals surface area contributed by atoms with E-state index in [1.54, 1.807) is 31.2 Å². The highest BCUT2D eigenvalue weighted by Gasteiger charge is 2.23. The smallest absolute Gasteiger partial charge is 0.346 e. The molecule has 0 saturated heterocycles. The summed E-state index contributed by atoms with van der Waals surface area (Å²) in [6.45, 7) is 7.14. The second kappa shape index (κ2) is 11.0. The molecule has 0 atom stereocenters. The number of aliphatic imine (C=N–C) groups is 1. The van der Waals surface area contributed by atoms with Crippen molar-refractivity contribution in [1.29, 1.82) is 0 Å². The van der Waals surface area contributed by atoms with Crippen LogP contribution >= 0.6 is 12.6 Å². The summed E-state index contributed by atoms with van der Waals surface area (Å²) in [4.78, 5) is 32.4. The summed E-state index contributed by atoms with van der Waals surface area (Å²) in [5, 5.41) is 15.7. The van der Waals surface area contributed by atoms with E-state index in [0.717, 1.165) is 18.8 Å². The Morgan fingerprint density at radius 1 is 1.08 bits per heavy atom. The molecule has 39 heavy (non-hydrogen) atoms. The van der Waals surface area contributed by atoms with E-state index >= 15 is 0 Å². The molecule has 0 amide bonds. The van der Waals surface area contributed by atoms with Gasteiger partial charge < -0.3 is 14.4 Å². The van der Waals surface area contributed by atoms with Gasteiger partial charge in [-0.15, -0.1) is 12.6 Å². The monoisotopic (exact) mass is 565 g/mol. The predicted octanol–water partition coefficient (Wildman–Crippen LogP) is 5.08. The molecule has 3 aromatic carbocycles. The number of sulfonamides is 1. The fourth-order valence-corrected chi connectivity index (χ4v) is 5.37. The molecule has 0 fully saturated rings. The van der Waals surface area contributed by atoms with E-state index in [4.69, 9.17) is 9.56 Å². The van der Waals surface area contributed by atoms with Crippen LogP contribution in [0.25, 0.3) is 22.1 Å². The van der Waals surface area contributed by atoms with E-state index in [1.807, 2.05) is 26.0 Å². The van der Waals surface area contributed by atoms with E-state index in [1.165, 1.54) is 24.3 Å². The van der Waals surface area contributed by atoms with Crippen molar-refractivity contribution in [1.82, 2.24) is 0 Å². The third-order valence-electron chi connectivity index (χ3n) is 6.37. The normalized spacial score (nSPS) is 12.1. The van der Waals surface area contributed by atoms with E-state index in [-0.39, 0.29) is 32.3 Å². The molecule has 0 unspecified atom stereocenters. The summed E-state index contributed by atoms with van der Waals surface area (Å²) < 4.78 is 29.2. The Kier molecular flexibility index (Phi) is 7.96. The number of rotatable bonds is 8. The largest absolute Gasteiger partial charge is 0.478 e. The van der Waals surface area contributed by atoms with Crippen molar-refractivity contribution in [2.24, 2.45) is 10.1 Å². The zero-order chi connectivity index (χ0) is 28.5. The van der Waals surface area contributed by atoms with Gasteiger partial charge in [0.15, 0.2) is 0 Å². The second-order valence-electron chi connectivity index (χ2n) is 8.74. The third kappa shape index (κ3) is 5.60. The summed E-state index contributed by atoms with van der Waals surface area (Å²) in [5.74, 6) is -1.15. The first-order valence-corrected chi connectivity index (χ1v) is 14.1. The molecule has 11 heteroatoms. The number of nitrogens with zero attached hydrogens (tertiary/aromatic N) is 2. The highest BCUT2D eigenvalue weighted by molar-refractivity contribution is 7.89. The molecule has 1 heterocycles. The van der Waals surface area contributed by atoms with E-state index in [9.17, 15) is 23.1 Å². The summed E-state index contributed by atoms with van der Waals surface area (Å²) >= 11 is 4.35. The number of aromatic carboxylic acids is 1. The number of primary sulfonamides is 1. The first-order chi connectivity index (χ1) is 18.5. The highest BCUT2D eigenvalue weighted by Crippen LogP contribution is 2.36. The Balaban J connectivity index is 2.04. The van der Waals surface area contributed by atoms with Gasteiger partial charge in [-0.2, -0.15) is 0 Å². The number of hydrogen-bond acceptors (Lipinski definition) is 8. The number of fused-ring (bicyclic) bond motifs is 1. The van der Waals surface area contributed by atoms with Crippen LogP contribution in [0, 0.1) is 0 Å². The van der Waals surface area contributed by atoms with E-state index < -0.39 is 21.6 Å². The van der Waals surface area contributed by atoms with Crippen LogP contribution in [-0.2, 0) is 10.0 Å². The van der Waals surface area contributed by atoms with Gasteiger partial charge in [-0.05, 0) is 62.7 Å². The highest BCUT2D eigenvalue weighted by atomic mass is 32.2. The van der Waals surface area contributed by atoms with Gasteiger partial charge in [-0.25, -0.2) is 23.1 Å². The lowest BCUT2D eigenvalue weighted by Gasteiger charge is -2.22. The van der Waals surface area contributed by atoms with Gasteiger partial charge in [-0.3, -0.25) is 4.99 Å². The van der Waals surface area contributed by atoms with Gasteiger partial charge in [0.1, 0.15) is 5.58 Å². The minimum Gasteiger partial charge on any atom is -0.478 e. The molecule has 202 valence electrons. The number of carbonyl (C=O) groups is 1. The molecule has 4 aromatic rings. The number of thiol groups is 1. The maximum absolute atomic E-state index is 13.5. The number of hydrogen-bond donors (Lipinski definition) is 3. The van der Waals surface area contributed by atoms with Crippen LogP contribution in [0.5, 0.6) is 0 Å². The lowest BCUT2D eigenvalue weighted by Crippen LogP contribution is -2.22. The molecule has 0 radical (unpaired) electrons. The van der Waals surface area contributed by atoms with Crippen LogP contribution in [-0.4, -0.2) is 38.3 Å². The average Bonchev–Trinajstić information content (AvgIpc) is 2.89. The van der Waals surface area contributed by atoms with Crippen molar-refractivity contribution < 1.29 is 22.7 Å². The topological polar surface area (TPSA) is 143 Å². The SMILES string of the molecule is CCN(CC)c1ccc2c(-c3ccccc3C(=O)O)c(/C(C)=N/c3ccc(S(N)(=O)=O)cc3S)c(=O)oc2c1. The number of benzene rings is 3.